The molecule has 0 aliphatic rings. The SMILES string of the molecule is CCCCCCCCC(=O)N(CCCOCC)CC(=O)Nc1cc(C)on1. The molecular weight excluding hydrogens is 346 g/mol. The summed E-state index contributed by atoms with van der Waals surface area (Å²) in [7, 11) is 0. The number of ether oxygens (including phenoxy) is 1. The van der Waals surface area contributed by atoms with E-state index in [4.69, 9.17) is 9.26 Å². The van der Waals surface area contributed by atoms with Crippen LogP contribution in [0.25, 0.3) is 0 Å². The Morgan fingerprint density at radius 1 is 1.15 bits per heavy atom. The number of nitrogens with zero attached hydrogens (tertiary/aromatic N) is 2. The fourth-order valence-electron chi connectivity index (χ4n) is 2.79. The smallest absolute Gasteiger partial charge is 0.245 e. The summed E-state index contributed by atoms with van der Waals surface area (Å²) in [6, 6.07) is 1.65. The van der Waals surface area contributed by atoms with Crippen LogP contribution in [0.2, 0.25) is 0 Å². The number of rotatable bonds is 15. The fraction of sp³-hybridized carbons (Fsp3) is 0.750. The van der Waals surface area contributed by atoms with Gasteiger partial charge >= 0.3 is 0 Å². The monoisotopic (exact) mass is 381 g/mol. The van der Waals surface area contributed by atoms with Gasteiger partial charge in [-0.15, -0.1) is 0 Å². The van der Waals surface area contributed by atoms with Crippen molar-refractivity contribution < 1.29 is 18.8 Å². The number of amides is 2. The maximum absolute atomic E-state index is 12.6. The molecule has 0 saturated carbocycles. The summed E-state index contributed by atoms with van der Waals surface area (Å²) in [5, 5.41) is 6.42. The Balaban J connectivity index is 2.44. The van der Waals surface area contributed by atoms with E-state index >= 15 is 0 Å². The molecule has 0 atom stereocenters. The number of aromatic nitrogens is 1. The number of carbonyl (C=O) groups excluding carboxylic acids is 2. The van der Waals surface area contributed by atoms with E-state index in [1.54, 1.807) is 17.9 Å². The third kappa shape index (κ3) is 10.8. The molecule has 1 rings (SSSR count). The predicted molar refractivity (Wildman–Crippen MR) is 106 cm³/mol. The van der Waals surface area contributed by atoms with Crippen molar-refractivity contribution in [3.63, 3.8) is 0 Å². The molecule has 0 bridgehead atoms. The minimum Gasteiger partial charge on any atom is -0.382 e. The first kappa shape index (κ1) is 23.1. The lowest BCUT2D eigenvalue weighted by Crippen LogP contribution is -2.39. The Kier molecular flexibility index (Phi) is 12.2. The lowest BCUT2D eigenvalue weighted by molar-refractivity contribution is -0.135. The molecule has 0 aliphatic heterocycles. The van der Waals surface area contributed by atoms with Gasteiger partial charge in [0.1, 0.15) is 5.76 Å². The second-order valence-electron chi connectivity index (χ2n) is 6.75. The van der Waals surface area contributed by atoms with Crippen LogP contribution in [-0.2, 0) is 14.3 Å². The Labute approximate surface area is 162 Å². The average Bonchev–Trinajstić information content (AvgIpc) is 3.05. The van der Waals surface area contributed by atoms with E-state index in [1.165, 1.54) is 19.3 Å². The van der Waals surface area contributed by atoms with Crippen molar-refractivity contribution in [2.75, 3.05) is 31.6 Å². The zero-order valence-corrected chi connectivity index (χ0v) is 17.1. The van der Waals surface area contributed by atoms with E-state index in [0.29, 0.717) is 44.2 Å². The molecule has 0 spiro atoms. The number of hydrogen-bond donors (Lipinski definition) is 1. The highest BCUT2D eigenvalue weighted by Crippen LogP contribution is 2.10. The second kappa shape index (κ2) is 14.2. The average molecular weight is 382 g/mol. The number of carbonyl (C=O) groups is 2. The maximum Gasteiger partial charge on any atom is 0.245 e. The van der Waals surface area contributed by atoms with Gasteiger partial charge < -0.3 is 19.5 Å². The van der Waals surface area contributed by atoms with Crippen LogP contribution in [0, 0.1) is 6.92 Å². The molecule has 0 saturated heterocycles. The number of hydrogen-bond acceptors (Lipinski definition) is 5. The largest absolute Gasteiger partial charge is 0.382 e. The van der Waals surface area contributed by atoms with E-state index in [-0.39, 0.29) is 18.4 Å². The predicted octanol–water partition coefficient (Wildman–Crippen LogP) is 3.93. The van der Waals surface area contributed by atoms with E-state index < -0.39 is 0 Å². The van der Waals surface area contributed by atoms with Crippen LogP contribution in [0.5, 0.6) is 0 Å². The Morgan fingerprint density at radius 2 is 1.89 bits per heavy atom. The van der Waals surface area contributed by atoms with Crippen LogP contribution in [0.3, 0.4) is 0 Å². The second-order valence-corrected chi connectivity index (χ2v) is 6.75. The molecule has 7 nitrogen and oxygen atoms in total. The lowest BCUT2D eigenvalue weighted by atomic mass is 10.1. The van der Waals surface area contributed by atoms with Crippen molar-refractivity contribution in [2.45, 2.75) is 72.1 Å². The first-order chi connectivity index (χ1) is 13.1. The summed E-state index contributed by atoms with van der Waals surface area (Å²) >= 11 is 0. The Hall–Kier alpha value is -1.89. The molecule has 0 aliphatic carbocycles. The van der Waals surface area contributed by atoms with Gasteiger partial charge in [0.15, 0.2) is 5.82 Å². The molecule has 154 valence electrons. The molecule has 1 aromatic rings. The summed E-state index contributed by atoms with van der Waals surface area (Å²) in [6.07, 6.45) is 7.98. The van der Waals surface area contributed by atoms with Crippen LogP contribution >= 0.6 is 0 Å². The Bertz CT molecular complexity index is 545. The molecule has 7 heteroatoms. The maximum atomic E-state index is 12.6. The molecule has 0 unspecified atom stereocenters. The molecule has 27 heavy (non-hydrogen) atoms. The topological polar surface area (TPSA) is 84.7 Å². The highest BCUT2D eigenvalue weighted by molar-refractivity contribution is 5.93. The summed E-state index contributed by atoms with van der Waals surface area (Å²) in [4.78, 5) is 26.4. The van der Waals surface area contributed by atoms with Gasteiger partial charge in [-0.2, -0.15) is 0 Å². The van der Waals surface area contributed by atoms with Crippen molar-refractivity contribution in [3.8, 4) is 0 Å². The van der Waals surface area contributed by atoms with Crippen LogP contribution < -0.4 is 5.32 Å². The normalized spacial score (nSPS) is 10.8. The lowest BCUT2D eigenvalue weighted by Gasteiger charge is -2.22. The van der Waals surface area contributed by atoms with Gasteiger partial charge in [-0.25, -0.2) is 0 Å². The van der Waals surface area contributed by atoms with Gasteiger partial charge in [-0.05, 0) is 26.7 Å². The summed E-state index contributed by atoms with van der Waals surface area (Å²) in [6.45, 7) is 7.66. The number of aryl methyl sites for hydroxylation is 1. The molecular formula is C20H35N3O4. The van der Waals surface area contributed by atoms with Crippen molar-refractivity contribution in [1.29, 1.82) is 0 Å². The van der Waals surface area contributed by atoms with Crippen LogP contribution in [-0.4, -0.2) is 48.2 Å². The summed E-state index contributed by atoms with van der Waals surface area (Å²) in [5.74, 6) is 0.748. The van der Waals surface area contributed by atoms with Crippen molar-refractivity contribution >= 4 is 17.6 Å². The van der Waals surface area contributed by atoms with Crippen molar-refractivity contribution in [1.82, 2.24) is 10.1 Å². The molecule has 1 N–H and O–H groups in total. The number of unbranched alkanes of at least 4 members (excludes halogenated alkanes) is 5. The minimum absolute atomic E-state index is 0.0205. The van der Waals surface area contributed by atoms with Crippen LogP contribution in [0.15, 0.2) is 10.6 Å². The highest BCUT2D eigenvalue weighted by atomic mass is 16.5. The molecule has 0 fully saturated rings. The van der Waals surface area contributed by atoms with Crippen molar-refractivity contribution in [3.05, 3.63) is 11.8 Å². The van der Waals surface area contributed by atoms with Gasteiger partial charge in [-0.3, -0.25) is 9.59 Å². The van der Waals surface area contributed by atoms with Crippen LogP contribution in [0.4, 0.5) is 5.82 Å². The molecule has 0 radical (unpaired) electrons. The molecule has 1 heterocycles. The zero-order valence-electron chi connectivity index (χ0n) is 17.1. The minimum atomic E-state index is -0.268. The van der Waals surface area contributed by atoms with Gasteiger partial charge in [0, 0.05) is 32.2 Å². The van der Waals surface area contributed by atoms with Crippen LogP contribution in [0.1, 0.15) is 71.0 Å². The quantitative estimate of drug-likeness (QED) is 0.465. The van der Waals surface area contributed by atoms with E-state index in [0.717, 1.165) is 19.3 Å². The molecule has 0 aromatic carbocycles. The van der Waals surface area contributed by atoms with Crippen molar-refractivity contribution in [2.24, 2.45) is 0 Å². The fourth-order valence-corrected chi connectivity index (χ4v) is 2.79. The first-order valence-electron chi connectivity index (χ1n) is 10.2. The van der Waals surface area contributed by atoms with E-state index in [1.807, 2.05) is 6.92 Å². The van der Waals surface area contributed by atoms with Gasteiger partial charge in [0.2, 0.25) is 11.8 Å². The van der Waals surface area contributed by atoms with E-state index in [9.17, 15) is 9.59 Å². The third-order valence-electron chi connectivity index (χ3n) is 4.25. The first-order valence-corrected chi connectivity index (χ1v) is 10.2. The zero-order chi connectivity index (χ0) is 19.9. The highest BCUT2D eigenvalue weighted by Gasteiger charge is 2.17. The third-order valence-corrected chi connectivity index (χ3v) is 4.25. The van der Waals surface area contributed by atoms with Gasteiger partial charge in [0.05, 0.1) is 6.54 Å². The van der Waals surface area contributed by atoms with Gasteiger partial charge in [-0.1, -0.05) is 44.2 Å². The molecule has 1 aromatic heterocycles. The number of anilines is 1. The number of nitrogens with one attached hydrogen (secondary N) is 1. The molecule has 2 amide bonds. The van der Waals surface area contributed by atoms with E-state index in [2.05, 4.69) is 17.4 Å². The summed E-state index contributed by atoms with van der Waals surface area (Å²) < 4.78 is 10.3. The van der Waals surface area contributed by atoms with Gasteiger partial charge in [0.25, 0.3) is 0 Å². The standard InChI is InChI=1S/C20H35N3O4/c1-4-6-7-8-9-10-12-20(25)23(13-11-14-26-5-2)16-19(24)21-18-15-17(3)27-22-18/h15H,4-14,16H2,1-3H3,(H,21,22,24). The Morgan fingerprint density at radius 3 is 2.56 bits per heavy atom. The summed E-state index contributed by atoms with van der Waals surface area (Å²) in [5.41, 5.74) is 0.